The minimum absolute atomic E-state index is 0.260. The van der Waals surface area contributed by atoms with Crippen LogP contribution in [0.1, 0.15) is 17.7 Å². The van der Waals surface area contributed by atoms with E-state index in [1.165, 1.54) is 29.4 Å². The van der Waals surface area contributed by atoms with E-state index < -0.39 is 0 Å². The lowest BCUT2D eigenvalue weighted by molar-refractivity contribution is 0.372. The number of hydrogen-bond acceptors (Lipinski definition) is 5. The molecule has 0 unspecified atom stereocenters. The van der Waals surface area contributed by atoms with Crippen LogP contribution in [-0.4, -0.2) is 39.5 Å². The number of aromatic nitrogens is 2. The van der Waals surface area contributed by atoms with Crippen LogP contribution in [0.2, 0.25) is 0 Å². The molecule has 3 nitrogen and oxygen atoms in total. The third kappa shape index (κ3) is 4.41. The SMILES string of the molecule is CN1CCC=C(c2nsnc2SCC#Cc2cccc(F)c2)C1. The maximum absolute atomic E-state index is 13.1. The fraction of sp³-hybridized carbons (Fsp3) is 0.294. The van der Waals surface area contributed by atoms with Crippen molar-refractivity contribution in [3.8, 4) is 11.8 Å². The molecular weight excluding hydrogens is 329 g/mol. The van der Waals surface area contributed by atoms with Gasteiger partial charge in [0.1, 0.15) is 16.5 Å². The van der Waals surface area contributed by atoms with E-state index >= 15 is 0 Å². The van der Waals surface area contributed by atoms with Crippen LogP contribution in [0.5, 0.6) is 0 Å². The van der Waals surface area contributed by atoms with Crippen LogP contribution in [0.15, 0.2) is 35.4 Å². The molecule has 0 atom stereocenters. The summed E-state index contributed by atoms with van der Waals surface area (Å²) in [4.78, 5) is 2.28. The van der Waals surface area contributed by atoms with Gasteiger partial charge in [0.2, 0.25) is 0 Å². The van der Waals surface area contributed by atoms with Crippen molar-refractivity contribution in [1.82, 2.24) is 13.6 Å². The van der Waals surface area contributed by atoms with Gasteiger partial charge < -0.3 is 4.90 Å². The van der Waals surface area contributed by atoms with E-state index in [4.69, 9.17) is 0 Å². The summed E-state index contributed by atoms with van der Waals surface area (Å²) in [5, 5.41) is 0.935. The Labute approximate surface area is 143 Å². The Kier molecular flexibility index (Phi) is 5.44. The minimum atomic E-state index is -0.260. The molecule has 3 rings (SSSR count). The van der Waals surface area contributed by atoms with Crippen molar-refractivity contribution in [3.05, 3.63) is 47.4 Å². The largest absolute Gasteiger partial charge is 0.302 e. The first-order chi connectivity index (χ1) is 11.2. The second-order valence-corrected chi connectivity index (χ2v) is 6.77. The van der Waals surface area contributed by atoms with Gasteiger partial charge in [-0.15, -0.1) is 0 Å². The Morgan fingerprint density at radius 1 is 1.39 bits per heavy atom. The molecule has 0 spiro atoms. The average molecular weight is 345 g/mol. The second kappa shape index (κ2) is 7.73. The molecule has 0 radical (unpaired) electrons. The molecule has 1 aliphatic heterocycles. The summed E-state index contributed by atoms with van der Waals surface area (Å²) in [6, 6.07) is 6.33. The Morgan fingerprint density at radius 3 is 3.13 bits per heavy atom. The number of likely N-dealkylation sites (N-methyl/N-ethyl adjacent to an activating group) is 1. The van der Waals surface area contributed by atoms with E-state index in [2.05, 4.69) is 38.6 Å². The lowest BCUT2D eigenvalue weighted by Gasteiger charge is -2.22. The van der Waals surface area contributed by atoms with Crippen molar-refractivity contribution >= 4 is 29.1 Å². The quantitative estimate of drug-likeness (QED) is 0.628. The highest BCUT2D eigenvalue weighted by Gasteiger charge is 2.17. The molecule has 0 N–H and O–H groups in total. The van der Waals surface area contributed by atoms with Crippen LogP contribution < -0.4 is 0 Å². The molecule has 118 valence electrons. The van der Waals surface area contributed by atoms with Gasteiger partial charge in [-0.2, -0.15) is 8.75 Å². The molecule has 0 aliphatic carbocycles. The van der Waals surface area contributed by atoms with Gasteiger partial charge in [0.15, 0.2) is 0 Å². The monoisotopic (exact) mass is 345 g/mol. The highest BCUT2D eigenvalue weighted by atomic mass is 32.2. The smallest absolute Gasteiger partial charge is 0.139 e. The molecule has 1 aliphatic rings. The van der Waals surface area contributed by atoms with Crippen molar-refractivity contribution in [2.24, 2.45) is 0 Å². The number of thioether (sulfide) groups is 1. The van der Waals surface area contributed by atoms with E-state index in [1.807, 2.05) is 0 Å². The third-order valence-corrected chi connectivity index (χ3v) is 4.93. The van der Waals surface area contributed by atoms with Crippen LogP contribution in [0.25, 0.3) is 5.57 Å². The first-order valence-corrected chi connectivity index (χ1v) is 9.02. The molecule has 0 saturated carbocycles. The van der Waals surface area contributed by atoms with Gasteiger partial charge in [-0.05, 0) is 37.2 Å². The van der Waals surface area contributed by atoms with Gasteiger partial charge in [0.25, 0.3) is 0 Å². The fourth-order valence-corrected chi connectivity index (χ4v) is 3.80. The van der Waals surface area contributed by atoms with Crippen LogP contribution in [0.3, 0.4) is 0 Å². The molecule has 1 aromatic carbocycles. The summed E-state index contributed by atoms with van der Waals surface area (Å²) in [5.41, 5.74) is 2.92. The summed E-state index contributed by atoms with van der Waals surface area (Å²) in [6.07, 6.45) is 3.30. The lowest BCUT2D eigenvalue weighted by atomic mass is 10.1. The number of nitrogens with zero attached hydrogens (tertiary/aromatic N) is 3. The van der Waals surface area contributed by atoms with Gasteiger partial charge in [-0.25, -0.2) is 4.39 Å². The third-order valence-electron chi connectivity index (χ3n) is 3.44. The fourth-order valence-electron chi connectivity index (χ4n) is 2.35. The van der Waals surface area contributed by atoms with Gasteiger partial charge in [0, 0.05) is 18.7 Å². The molecule has 0 saturated heterocycles. The Bertz CT molecular complexity index is 773. The molecule has 6 heteroatoms. The molecular formula is C17H16FN3S2. The highest BCUT2D eigenvalue weighted by molar-refractivity contribution is 7.99. The van der Waals surface area contributed by atoms with Gasteiger partial charge in [-0.1, -0.05) is 35.7 Å². The summed E-state index contributed by atoms with van der Waals surface area (Å²) in [7, 11) is 2.12. The predicted molar refractivity (Wildman–Crippen MR) is 94.0 cm³/mol. The molecule has 1 aromatic heterocycles. The molecule has 0 fully saturated rings. The van der Waals surface area contributed by atoms with Crippen molar-refractivity contribution in [2.45, 2.75) is 11.4 Å². The summed E-state index contributed by atoms with van der Waals surface area (Å²) < 4.78 is 21.9. The summed E-state index contributed by atoms with van der Waals surface area (Å²) >= 11 is 2.82. The zero-order valence-electron chi connectivity index (χ0n) is 12.8. The normalized spacial score (nSPS) is 15.0. The van der Waals surface area contributed by atoms with E-state index in [1.54, 1.807) is 23.9 Å². The molecule has 0 amide bonds. The maximum atomic E-state index is 13.1. The van der Waals surface area contributed by atoms with Crippen molar-refractivity contribution < 1.29 is 4.39 Å². The van der Waals surface area contributed by atoms with Crippen LogP contribution in [-0.2, 0) is 0 Å². The summed E-state index contributed by atoms with van der Waals surface area (Å²) in [6.45, 7) is 2.00. The Morgan fingerprint density at radius 2 is 2.30 bits per heavy atom. The Balaban J connectivity index is 1.64. The second-order valence-electron chi connectivity index (χ2n) is 5.27. The molecule has 2 heterocycles. The predicted octanol–water partition coefficient (Wildman–Crippen LogP) is 3.54. The Hall–Kier alpha value is -1.68. The van der Waals surface area contributed by atoms with Crippen LogP contribution in [0, 0.1) is 17.7 Å². The maximum Gasteiger partial charge on any atom is 0.139 e. The molecule has 23 heavy (non-hydrogen) atoms. The number of rotatable bonds is 3. The number of hydrogen-bond donors (Lipinski definition) is 0. The van der Waals surface area contributed by atoms with E-state index in [-0.39, 0.29) is 5.82 Å². The zero-order valence-corrected chi connectivity index (χ0v) is 14.4. The summed E-state index contributed by atoms with van der Waals surface area (Å²) in [5.74, 6) is 6.38. The van der Waals surface area contributed by atoms with Crippen molar-refractivity contribution in [3.63, 3.8) is 0 Å². The topological polar surface area (TPSA) is 29.0 Å². The van der Waals surface area contributed by atoms with Gasteiger partial charge >= 0.3 is 0 Å². The van der Waals surface area contributed by atoms with E-state index in [0.717, 1.165) is 30.2 Å². The van der Waals surface area contributed by atoms with E-state index in [0.29, 0.717) is 11.3 Å². The zero-order chi connectivity index (χ0) is 16.1. The van der Waals surface area contributed by atoms with Crippen molar-refractivity contribution in [2.75, 3.05) is 25.9 Å². The standard InChI is InChI=1S/C17H16FN3S2/c1-21-9-3-7-14(12-21)16-17(20-23-19-16)22-10-4-6-13-5-2-8-15(18)11-13/h2,5,7-8,11H,3,9-10,12H2,1H3. The molecule has 0 bridgehead atoms. The minimum Gasteiger partial charge on any atom is -0.302 e. The number of halogens is 1. The van der Waals surface area contributed by atoms with E-state index in [9.17, 15) is 4.39 Å². The molecule has 2 aromatic rings. The van der Waals surface area contributed by atoms with Gasteiger partial charge in [0.05, 0.1) is 17.5 Å². The highest BCUT2D eigenvalue weighted by Crippen LogP contribution is 2.28. The number of benzene rings is 1. The van der Waals surface area contributed by atoms with Crippen molar-refractivity contribution in [1.29, 1.82) is 0 Å². The average Bonchev–Trinajstić information content (AvgIpc) is 3.00. The first kappa shape index (κ1) is 16.2. The first-order valence-electron chi connectivity index (χ1n) is 7.30. The lowest BCUT2D eigenvalue weighted by Crippen LogP contribution is -2.25. The van der Waals surface area contributed by atoms with Crippen LogP contribution in [0.4, 0.5) is 4.39 Å². The van der Waals surface area contributed by atoms with Crippen LogP contribution >= 0.6 is 23.5 Å². The van der Waals surface area contributed by atoms with Gasteiger partial charge in [-0.3, -0.25) is 0 Å².